The Bertz CT molecular complexity index is 1230. The molecule has 0 amide bonds. The zero-order chi connectivity index (χ0) is 25.9. The van der Waals surface area contributed by atoms with Crippen molar-refractivity contribution in [2.45, 2.75) is 59.0 Å². The second-order valence-corrected chi connectivity index (χ2v) is 10.6. The average molecular weight is 491 g/mol. The van der Waals surface area contributed by atoms with Crippen LogP contribution in [0.2, 0.25) is 0 Å². The van der Waals surface area contributed by atoms with Crippen molar-refractivity contribution >= 4 is 5.97 Å². The van der Waals surface area contributed by atoms with Crippen molar-refractivity contribution in [1.82, 2.24) is 0 Å². The SMILES string of the molecule is COc1ccc(F)c(-c2ccc(COc3cccc(C[C@H](C)C(=O)O)c3)cc2[C@@H]2CCCC2(C)C)c1. The second-order valence-electron chi connectivity index (χ2n) is 10.6. The Morgan fingerprint density at radius 2 is 1.86 bits per heavy atom. The highest BCUT2D eigenvalue weighted by molar-refractivity contribution is 5.71. The molecule has 4 nitrogen and oxygen atoms in total. The summed E-state index contributed by atoms with van der Waals surface area (Å²) in [5.74, 6) is 0.129. The number of ether oxygens (including phenoxy) is 2. The number of carboxylic acid groups (broad SMARTS) is 1. The summed E-state index contributed by atoms with van der Waals surface area (Å²) < 4.78 is 26.5. The van der Waals surface area contributed by atoms with Gasteiger partial charge in [0.15, 0.2) is 0 Å². The summed E-state index contributed by atoms with van der Waals surface area (Å²) >= 11 is 0. The van der Waals surface area contributed by atoms with Gasteiger partial charge in [-0.2, -0.15) is 0 Å². The molecule has 0 saturated heterocycles. The van der Waals surface area contributed by atoms with E-state index < -0.39 is 11.9 Å². The van der Waals surface area contributed by atoms with Gasteiger partial charge in [-0.25, -0.2) is 4.39 Å². The highest BCUT2D eigenvalue weighted by Gasteiger charge is 2.37. The fraction of sp³-hybridized carbons (Fsp3) is 0.387. The number of methoxy groups -OCH3 is 1. The summed E-state index contributed by atoms with van der Waals surface area (Å²) in [6, 6.07) is 18.7. The predicted octanol–water partition coefficient (Wildman–Crippen LogP) is 7.64. The molecule has 0 spiro atoms. The van der Waals surface area contributed by atoms with Crippen molar-refractivity contribution in [1.29, 1.82) is 0 Å². The second kappa shape index (κ2) is 10.7. The normalized spacial score (nSPS) is 17.5. The van der Waals surface area contributed by atoms with Gasteiger partial charge in [0, 0.05) is 5.56 Å². The largest absolute Gasteiger partial charge is 0.497 e. The molecule has 0 radical (unpaired) electrons. The molecule has 0 unspecified atom stereocenters. The van der Waals surface area contributed by atoms with Crippen molar-refractivity contribution in [3.05, 3.63) is 83.2 Å². The molecule has 36 heavy (non-hydrogen) atoms. The lowest BCUT2D eigenvalue weighted by molar-refractivity contribution is -0.141. The molecule has 1 saturated carbocycles. The van der Waals surface area contributed by atoms with Crippen LogP contribution < -0.4 is 9.47 Å². The third-order valence-electron chi connectivity index (χ3n) is 7.48. The van der Waals surface area contributed by atoms with Crippen LogP contribution in [0.4, 0.5) is 4.39 Å². The van der Waals surface area contributed by atoms with Gasteiger partial charge in [-0.3, -0.25) is 4.79 Å². The first-order valence-electron chi connectivity index (χ1n) is 12.6. The highest BCUT2D eigenvalue weighted by Crippen LogP contribution is 2.51. The zero-order valence-corrected chi connectivity index (χ0v) is 21.5. The quantitative estimate of drug-likeness (QED) is 0.335. The molecule has 1 aliphatic rings. The third kappa shape index (κ3) is 5.72. The predicted molar refractivity (Wildman–Crippen MR) is 140 cm³/mol. The number of aliphatic carboxylic acids is 1. The van der Waals surface area contributed by atoms with Gasteiger partial charge >= 0.3 is 5.97 Å². The van der Waals surface area contributed by atoms with Crippen molar-refractivity contribution in [2.24, 2.45) is 11.3 Å². The van der Waals surface area contributed by atoms with E-state index in [0.717, 1.165) is 41.5 Å². The van der Waals surface area contributed by atoms with Crippen molar-refractivity contribution < 1.29 is 23.8 Å². The maximum absolute atomic E-state index is 15.0. The van der Waals surface area contributed by atoms with E-state index in [1.165, 1.54) is 6.07 Å². The van der Waals surface area contributed by atoms with E-state index in [1.807, 2.05) is 36.4 Å². The summed E-state index contributed by atoms with van der Waals surface area (Å²) in [4.78, 5) is 11.2. The fourth-order valence-corrected chi connectivity index (χ4v) is 5.35. The summed E-state index contributed by atoms with van der Waals surface area (Å²) in [6.07, 6.45) is 3.81. The van der Waals surface area contributed by atoms with Crippen LogP contribution in [0.15, 0.2) is 60.7 Å². The van der Waals surface area contributed by atoms with Gasteiger partial charge in [-0.15, -0.1) is 0 Å². The average Bonchev–Trinajstić information content (AvgIpc) is 3.22. The minimum atomic E-state index is -0.809. The molecule has 0 bridgehead atoms. The molecule has 0 aromatic heterocycles. The van der Waals surface area contributed by atoms with E-state index in [1.54, 1.807) is 26.2 Å². The number of benzene rings is 3. The van der Waals surface area contributed by atoms with E-state index in [4.69, 9.17) is 9.47 Å². The lowest BCUT2D eigenvalue weighted by Crippen LogP contribution is -2.17. The third-order valence-corrected chi connectivity index (χ3v) is 7.48. The Hall–Kier alpha value is -3.34. The zero-order valence-electron chi connectivity index (χ0n) is 21.5. The molecule has 1 fully saturated rings. The molecule has 2 atom stereocenters. The van der Waals surface area contributed by atoms with Crippen LogP contribution >= 0.6 is 0 Å². The van der Waals surface area contributed by atoms with E-state index in [0.29, 0.717) is 36.0 Å². The van der Waals surface area contributed by atoms with Gasteiger partial charge < -0.3 is 14.6 Å². The maximum Gasteiger partial charge on any atom is 0.306 e. The first kappa shape index (κ1) is 25.7. The van der Waals surface area contributed by atoms with Crippen molar-refractivity contribution in [3.63, 3.8) is 0 Å². The van der Waals surface area contributed by atoms with Crippen molar-refractivity contribution in [3.8, 4) is 22.6 Å². The summed E-state index contributed by atoms with van der Waals surface area (Å²) in [5.41, 5.74) is 4.68. The minimum absolute atomic E-state index is 0.124. The van der Waals surface area contributed by atoms with E-state index in [2.05, 4.69) is 19.9 Å². The van der Waals surface area contributed by atoms with Crippen LogP contribution in [0.3, 0.4) is 0 Å². The Kier molecular flexibility index (Phi) is 7.67. The smallest absolute Gasteiger partial charge is 0.306 e. The number of halogens is 1. The van der Waals surface area contributed by atoms with Gasteiger partial charge in [0.25, 0.3) is 0 Å². The van der Waals surface area contributed by atoms with E-state index >= 15 is 0 Å². The first-order valence-corrected chi connectivity index (χ1v) is 12.6. The summed E-state index contributed by atoms with van der Waals surface area (Å²) in [6.45, 7) is 6.67. The molecule has 190 valence electrons. The monoisotopic (exact) mass is 490 g/mol. The lowest BCUT2D eigenvalue weighted by Gasteiger charge is -2.30. The molecule has 3 aromatic rings. The Morgan fingerprint density at radius 3 is 2.56 bits per heavy atom. The number of carboxylic acids is 1. The van der Waals surface area contributed by atoms with Crippen LogP contribution in [0.25, 0.3) is 11.1 Å². The molecule has 0 aliphatic heterocycles. The number of hydrogen-bond donors (Lipinski definition) is 1. The first-order chi connectivity index (χ1) is 17.2. The highest BCUT2D eigenvalue weighted by atomic mass is 19.1. The maximum atomic E-state index is 15.0. The number of rotatable bonds is 9. The molecule has 5 heteroatoms. The van der Waals surface area contributed by atoms with Gasteiger partial charge in [0.1, 0.15) is 23.9 Å². The van der Waals surface area contributed by atoms with Gasteiger partial charge in [-0.1, -0.05) is 57.5 Å². The number of carbonyl (C=O) groups is 1. The van der Waals surface area contributed by atoms with E-state index in [9.17, 15) is 14.3 Å². The fourth-order valence-electron chi connectivity index (χ4n) is 5.35. The van der Waals surface area contributed by atoms with Crippen LogP contribution in [0.5, 0.6) is 11.5 Å². The Morgan fingerprint density at radius 1 is 1.06 bits per heavy atom. The molecular formula is C31H35FO4. The molecule has 0 heterocycles. The van der Waals surface area contributed by atoms with Gasteiger partial charge in [0.2, 0.25) is 0 Å². The molecule has 1 N–H and O–H groups in total. The van der Waals surface area contributed by atoms with Gasteiger partial charge in [0.05, 0.1) is 13.0 Å². The van der Waals surface area contributed by atoms with Crippen molar-refractivity contribution in [2.75, 3.05) is 7.11 Å². The van der Waals surface area contributed by atoms with Crippen LogP contribution in [0, 0.1) is 17.2 Å². The standard InChI is InChI=1S/C31H35FO4/c1-20(30(33)34)15-21-7-5-8-24(16-21)36-19-22-10-12-25(27-18-23(35-4)11-13-29(27)32)26(17-22)28-9-6-14-31(28,2)3/h5,7-8,10-13,16-18,20,28H,6,9,14-15,19H2,1-4H3,(H,33,34)/t20-,28-/m0/s1. The number of hydrogen-bond acceptors (Lipinski definition) is 3. The van der Waals surface area contributed by atoms with Crippen LogP contribution in [-0.2, 0) is 17.8 Å². The Labute approximate surface area is 213 Å². The lowest BCUT2D eigenvalue weighted by atomic mass is 9.75. The van der Waals surface area contributed by atoms with Gasteiger partial charge in [-0.05, 0) is 83.2 Å². The van der Waals surface area contributed by atoms with E-state index in [-0.39, 0.29) is 11.2 Å². The summed E-state index contributed by atoms with van der Waals surface area (Å²) in [7, 11) is 1.59. The van der Waals surface area contributed by atoms with Crippen LogP contribution in [-0.4, -0.2) is 18.2 Å². The molecule has 4 rings (SSSR count). The Balaban J connectivity index is 1.63. The molecular weight excluding hydrogens is 455 g/mol. The minimum Gasteiger partial charge on any atom is -0.497 e. The molecule has 1 aliphatic carbocycles. The van der Waals surface area contributed by atoms with Crippen LogP contribution in [0.1, 0.15) is 62.6 Å². The molecule has 3 aromatic carbocycles. The topological polar surface area (TPSA) is 55.8 Å². The summed E-state index contributed by atoms with van der Waals surface area (Å²) in [5, 5.41) is 9.21.